The Morgan fingerprint density at radius 3 is 1.55 bits per heavy atom. The highest BCUT2D eigenvalue weighted by molar-refractivity contribution is 5.02. The van der Waals surface area contributed by atoms with Crippen LogP contribution in [0, 0.1) is 17.3 Å². The van der Waals surface area contributed by atoms with Crippen molar-refractivity contribution >= 4 is 0 Å². The predicted octanol–water partition coefficient (Wildman–Crippen LogP) is 0.710. The third-order valence-corrected chi connectivity index (χ3v) is 3.55. The summed E-state index contributed by atoms with van der Waals surface area (Å²) in [7, 11) is 0. The molecule has 2 fully saturated rings. The van der Waals surface area contributed by atoms with Gasteiger partial charge >= 0.3 is 0 Å². The monoisotopic (exact) mass is 154 g/mol. The molecule has 0 unspecified atom stereocenters. The molecule has 0 aromatic rings. The molecule has 2 aliphatic rings. The van der Waals surface area contributed by atoms with Crippen molar-refractivity contribution in [3.05, 3.63) is 0 Å². The Hall–Kier alpha value is -0.0800. The summed E-state index contributed by atoms with van der Waals surface area (Å²) in [5.74, 6) is 1.68. The van der Waals surface area contributed by atoms with E-state index in [9.17, 15) is 0 Å². The van der Waals surface area contributed by atoms with Crippen LogP contribution in [0.1, 0.15) is 25.7 Å². The third kappa shape index (κ3) is 1.09. The average molecular weight is 154 g/mol. The van der Waals surface area contributed by atoms with E-state index in [-0.39, 0.29) is 0 Å². The molecule has 0 amide bonds. The van der Waals surface area contributed by atoms with E-state index in [0.29, 0.717) is 0 Å². The molecule has 0 aromatic heterocycles. The molecule has 0 bridgehead atoms. The zero-order valence-corrected chi connectivity index (χ0v) is 7.05. The van der Waals surface area contributed by atoms with E-state index >= 15 is 0 Å². The summed E-state index contributed by atoms with van der Waals surface area (Å²) in [4.78, 5) is 0. The molecule has 4 N–H and O–H groups in total. The molecule has 2 nitrogen and oxygen atoms in total. The van der Waals surface area contributed by atoms with Crippen LogP contribution in [0.15, 0.2) is 0 Å². The van der Waals surface area contributed by atoms with Gasteiger partial charge in [-0.05, 0) is 56.0 Å². The van der Waals surface area contributed by atoms with Crippen LogP contribution < -0.4 is 11.5 Å². The normalized spacial score (nSPS) is 48.5. The number of nitrogens with two attached hydrogens (primary N) is 2. The van der Waals surface area contributed by atoms with Crippen molar-refractivity contribution < 1.29 is 0 Å². The number of hydrogen-bond donors (Lipinski definition) is 2. The Bertz CT molecular complexity index is 122. The molecule has 11 heavy (non-hydrogen) atoms. The molecule has 0 saturated heterocycles. The molecular formula is C9H18N2. The molecule has 0 atom stereocenters. The molecular weight excluding hydrogens is 136 g/mol. The van der Waals surface area contributed by atoms with Gasteiger partial charge in [-0.15, -0.1) is 0 Å². The maximum atomic E-state index is 5.58. The zero-order chi connectivity index (χ0) is 7.90. The lowest BCUT2D eigenvalue weighted by Gasteiger charge is -2.57. The van der Waals surface area contributed by atoms with Gasteiger partial charge in [0.25, 0.3) is 0 Å². The SMILES string of the molecule is NCC1CC2(C1)CC(CN)C2. The highest BCUT2D eigenvalue weighted by Crippen LogP contribution is 2.60. The minimum Gasteiger partial charge on any atom is -0.330 e. The van der Waals surface area contributed by atoms with Crippen LogP contribution in [-0.4, -0.2) is 13.1 Å². The fourth-order valence-corrected chi connectivity index (χ4v) is 3.00. The van der Waals surface area contributed by atoms with Crippen LogP contribution in [0.5, 0.6) is 0 Å². The van der Waals surface area contributed by atoms with Crippen molar-refractivity contribution in [3.8, 4) is 0 Å². The molecule has 2 heteroatoms. The Kier molecular flexibility index (Phi) is 1.69. The third-order valence-electron chi connectivity index (χ3n) is 3.55. The quantitative estimate of drug-likeness (QED) is 0.615. The van der Waals surface area contributed by atoms with Crippen molar-refractivity contribution in [2.45, 2.75) is 25.7 Å². The molecule has 0 radical (unpaired) electrons. The second-order valence-corrected chi connectivity index (χ2v) is 4.52. The molecule has 2 aliphatic carbocycles. The van der Waals surface area contributed by atoms with Gasteiger partial charge in [0.2, 0.25) is 0 Å². The Balaban J connectivity index is 1.75. The minimum absolute atomic E-state index is 0.730. The highest BCUT2D eigenvalue weighted by Gasteiger charge is 2.51. The summed E-state index contributed by atoms with van der Waals surface area (Å²) in [5, 5.41) is 0. The van der Waals surface area contributed by atoms with E-state index in [2.05, 4.69) is 0 Å². The Labute approximate surface area is 68.3 Å². The largest absolute Gasteiger partial charge is 0.330 e. The van der Waals surface area contributed by atoms with Crippen LogP contribution >= 0.6 is 0 Å². The van der Waals surface area contributed by atoms with Crippen LogP contribution in [0.4, 0.5) is 0 Å². The smallest absolute Gasteiger partial charge is 0.00485 e. The average Bonchev–Trinajstić information content (AvgIpc) is 1.83. The fourth-order valence-electron chi connectivity index (χ4n) is 3.00. The molecule has 0 aliphatic heterocycles. The van der Waals surface area contributed by atoms with Crippen molar-refractivity contribution in [2.24, 2.45) is 28.7 Å². The van der Waals surface area contributed by atoms with Crippen LogP contribution in [0.2, 0.25) is 0 Å². The van der Waals surface area contributed by atoms with E-state index in [4.69, 9.17) is 11.5 Å². The minimum atomic E-state index is 0.730. The maximum absolute atomic E-state index is 5.58. The van der Waals surface area contributed by atoms with Crippen LogP contribution in [-0.2, 0) is 0 Å². The molecule has 1 spiro atoms. The van der Waals surface area contributed by atoms with Gasteiger partial charge in [-0.25, -0.2) is 0 Å². The van der Waals surface area contributed by atoms with Crippen molar-refractivity contribution in [3.63, 3.8) is 0 Å². The second kappa shape index (κ2) is 2.46. The molecule has 2 rings (SSSR count). The maximum Gasteiger partial charge on any atom is -0.00485 e. The van der Waals surface area contributed by atoms with E-state index in [0.717, 1.165) is 30.3 Å². The Morgan fingerprint density at radius 1 is 0.909 bits per heavy atom. The fraction of sp³-hybridized carbons (Fsp3) is 1.00. The Morgan fingerprint density at radius 2 is 1.27 bits per heavy atom. The van der Waals surface area contributed by atoms with E-state index in [1.54, 1.807) is 0 Å². The highest BCUT2D eigenvalue weighted by atomic mass is 14.7. The van der Waals surface area contributed by atoms with Gasteiger partial charge in [0.15, 0.2) is 0 Å². The van der Waals surface area contributed by atoms with Crippen LogP contribution in [0.3, 0.4) is 0 Å². The lowest BCUT2D eigenvalue weighted by atomic mass is 9.48. The molecule has 64 valence electrons. The lowest BCUT2D eigenvalue weighted by Crippen LogP contribution is -2.51. The van der Waals surface area contributed by atoms with Gasteiger partial charge in [-0.2, -0.15) is 0 Å². The van der Waals surface area contributed by atoms with Crippen molar-refractivity contribution in [1.29, 1.82) is 0 Å². The zero-order valence-electron chi connectivity index (χ0n) is 7.05. The summed E-state index contributed by atoms with van der Waals surface area (Å²) >= 11 is 0. The summed E-state index contributed by atoms with van der Waals surface area (Å²) in [6.45, 7) is 1.80. The van der Waals surface area contributed by atoms with E-state index in [1.165, 1.54) is 25.7 Å². The van der Waals surface area contributed by atoms with Gasteiger partial charge in [0, 0.05) is 0 Å². The van der Waals surface area contributed by atoms with Gasteiger partial charge in [0.1, 0.15) is 0 Å². The topological polar surface area (TPSA) is 52.0 Å². The predicted molar refractivity (Wildman–Crippen MR) is 46.0 cm³/mol. The first-order valence-electron chi connectivity index (χ1n) is 4.68. The number of rotatable bonds is 2. The second-order valence-electron chi connectivity index (χ2n) is 4.52. The van der Waals surface area contributed by atoms with Gasteiger partial charge < -0.3 is 11.5 Å². The van der Waals surface area contributed by atoms with Crippen LogP contribution in [0.25, 0.3) is 0 Å². The van der Waals surface area contributed by atoms with E-state index < -0.39 is 0 Å². The number of hydrogen-bond acceptors (Lipinski definition) is 2. The van der Waals surface area contributed by atoms with Gasteiger partial charge in [-0.1, -0.05) is 0 Å². The summed E-state index contributed by atoms with van der Waals surface area (Å²) in [5.41, 5.74) is 11.9. The first-order valence-corrected chi connectivity index (χ1v) is 4.68. The van der Waals surface area contributed by atoms with Crippen molar-refractivity contribution in [2.75, 3.05) is 13.1 Å². The molecule has 2 saturated carbocycles. The summed E-state index contributed by atoms with van der Waals surface area (Å²) < 4.78 is 0. The first-order chi connectivity index (χ1) is 5.28. The molecule has 0 aromatic carbocycles. The first kappa shape index (κ1) is 7.56. The van der Waals surface area contributed by atoms with Crippen molar-refractivity contribution in [1.82, 2.24) is 0 Å². The van der Waals surface area contributed by atoms with Gasteiger partial charge in [-0.3, -0.25) is 0 Å². The molecule has 0 heterocycles. The summed E-state index contributed by atoms with van der Waals surface area (Å²) in [6, 6.07) is 0. The standard InChI is InChI=1S/C9H18N2/c10-5-7-1-9(2-7)3-8(4-9)6-11/h7-8H,1-6,10-11H2. The van der Waals surface area contributed by atoms with Gasteiger partial charge in [0.05, 0.1) is 0 Å². The lowest BCUT2D eigenvalue weighted by molar-refractivity contribution is -0.0612. The van der Waals surface area contributed by atoms with E-state index in [1.807, 2.05) is 0 Å². The summed E-state index contributed by atoms with van der Waals surface area (Å²) in [6.07, 6.45) is 5.56.